The average molecular weight is 292 g/mol. The standard InChI is InChI=1S/C16H18ClNS/c1-12(18-2)14-8-4-6-10-16(14)19-11-13-7-3-5-9-15(13)17/h3-10,12,18H,11H2,1-2H3. The molecule has 0 fully saturated rings. The van der Waals surface area contributed by atoms with Gasteiger partial charge in [-0.1, -0.05) is 48.0 Å². The van der Waals surface area contributed by atoms with Gasteiger partial charge < -0.3 is 5.32 Å². The lowest BCUT2D eigenvalue weighted by atomic mass is 10.1. The molecule has 1 unspecified atom stereocenters. The number of halogens is 1. The van der Waals surface area contributed by atoms with Crippen molar-refractivity contribution in [3.63, 3.8) is 0 Å². The largest absolute Gasteiger partial charge is 0.313 e. The zero-order valence-corrected chi connectivity index (χ0v) is 12.8. The topological polar surface area (TPSA) is 12.0 Å². The molecule has 0 aromatic heterocycles. The normalized spacial score (nSPS) is 12.4. The van der Waals surface area contributed by atoms with Crippen molar-refractivity contribution in [2.75, 3.05) is 7.05 Å². The van der Waals surface area contributed by atoms with Crippen molar-refractivity contribution in [3.8, 4) is 0 Å². The Bertz CT molecular complexity index is 542. The molecular weight excluding hydrogens is 274 g/mol. The summed E-state index contributed by atoms with van der Waals surface area (Å²) >= 11 is 8.03. The molecule has 2 rings (SSSR count). The first kappa shape index (κ1) is 14.4. The second-order valence-electron chi connectivity index (χ2n) is 4.43. The molecule has 0 aliphatic carbocycles. The highest BCUT2D eigenvalue weighted by Crippen LogP contribution is 2.31. The third-order valence-electron chi connectivity index (χ3n) is 3.16. The quantitative estimate of drug-likeness (QED) is 0.785. The SMILES string of the molecule is CNC(C)c1ccccc1SCc1ccccc1Cl. The van der Waals surface area contributed by atoms with Crippen LogP contribution in [0.4, 0.5) is 0 Å². The smallest absolute Gasteiger partial charge is 0.0446 e. The summed E-state index contributed by atoms with van der Waals surface area (Å²) in [6.07, 6.45) is 0. The molecule has 0 amide bonds. The third kappa shape index (κ3) is 3.75. The van der Waals surface area contributed by atoms with Crippen molar-refractivity contribution in [3.05, 3.63) is 64.7 Å². The fourth-order valence-electron chi connectivity index (χ4n) is 1.90. The molecule has 0 aliphatic heterocycles. The molecule has 0 aliphatic rings. The highest BCUT2D eigenvalue weighted by molar-refractivity contribution is 7.98. The third-order valence-corrected chi connectivity index (χ3v) is 4.67. The predicted octanol–water partition coefficient (Wildman–Crippen LogP) is 4.91. The van der Waals surface area contributed by atoms with Gasteiger partial charge >= 0.3 is 0 Å². The van der Waals surface area contributed by atoms with Gasteiger partial charge in [0.1, 0.15) is 0 Å². The van der Waals surface area contributed by atoms with Crippen LogP contribution >= 0.6 is 23.4 Å². The van der Waals surface area contributed by atoms with Crippen LogP contribution in [0.2, 0.25) is 5.02 Å². The van der Waals surface area contributed by atoms with Crippen LogP contribution in [0.25, 0.3) is 0 Å². The van der Waals surface area contributed by atoms with Gasteiger partial charge in [0, 0.05) is 21.7 Å². The van der Waals surface area contributed by atoms with Crippen molar-refractivity contribution in [2.45, 2.75) is 23.6 Å². The van der Waals surface area contributed by atoms with Crippen LogP contribution in [0.15, 0.2) is 53.4 Å². The molecule has 2 aromatic carbocycles. The maximum absolute atomic E-state index is 6.19. The van der Waals surface area contributed by atoms with Crippen LogP contribution < -0.4 is 5.32 Å². The van der Waals surface area contributed by atoms with E-state index in [4.69, 9.17) is 11.6 Å². The molecule has 0 heterocycles. The van der Waals surface area contributed by atoms with E-state index in [-0.39, 0.29) is 0 Å². The van der Waals surface area contributed by atoms with E-state index in [9.17, 15) is 0 Å². The highest BCUT2D eigenvalue weighted by Gasteiger charge is 2.09. The van der Waals surface area contributed by atoms with Crippen LogP contribution in [0.1, 0.15) is 24.1 Å². The maximum Gasteiger partial charge on any atom is 0.0446 e. The fourth-order valence-corrected chi connectivity index (χ4v) is 3.33. The van der Waals surface area contributed by atoms with Crippen molar-refractivity contribution < 1.29 is 0 Å². The first-order chi connectivity index (χ1) is 9.22. The van der Waals surface area contributed by atoms with E-state index < -0.39 is 0 Å². The summed E-state index contributed by atoms with van der Waals surface area (Å²) in [5.41, 5.74) is 2.52. The molecule has 0 spiro atoms. The van der Waals surface area contributed by atoms with E-state index in [1.165, 1.54) is 16.0 Å². The van der Waals surface area contributed by atoms with Crippen molar-refractivity contribution in [2.24, 2.45) is 0 Å². The lowest BCUT2D eigenvalue weighted by Gasteiger charge is -2.15. The Kier molecular flexibility index (Phi) is 5.32. The Hall–Kier alpha value is -0.960. The Morgan fingerprint density at radius 1 is 1.11 bits per heavy atom. The van der Waals surface area contributed by atoms with Gasteiger partial charge in [-0.2, -0.15) is 0 Å². The van der Waals surface area contributed by atoms with Gasteiger partial charge in [0.25, 0.3) is 0 Å². The van der Waals surface area contributed by atoms with Crippen LogP contribution in [0.5, 0.6) is 0 Å². The number of nitrogens with one attached hydrogen (secondary N) is 1. The molecule has 0 bridgehead atoms. The van der Waals surface area contributed by atoms with Crippen molar-refractivity contribution >= 4 is 23.4 Å². The molecule has 100 valence electrons. The Balaban J connectivity index is 2.14. The van der Waals surface area contributed by atoms with Gasteiger partial charge in [-0.3, -0.25) is 0 Å². The Morgan fingerprint density at radius 2 is 1.79 bits per heavy atom. The van der Waals surface area contributed by atoms with Crippen LogP contribution in [-0.4, -0.2) is 7.05 Å². The minimum Gasteiger partial charge on any atom is -0.313 e. The first-order valence-electron chi connectivity index (χ1n) is 6.34. The van der Waals surface area contributed by atoms with Gasteiger partial charge in [-0.05, 0) is 37.2 Å². The molecule has 1 N–H and O–H groups in total. The molecule has 0 radical (unpaired) electrons. The van der Waals surface area contributed by atoms with Crippen molar-refractivity contribution in [1.29, 1.82) is 0 Å². The molecule has 19 heavy (non-hydrogen) atoms. The average Bonchev–Trinajstić information content (AvgIpc) is 2.46. The van der Waals surface area contributed by atoms with E-state index in [0.717, 1.165) is 10.8 Å². The van der Waals surface area contributed by atoms with E-state index >= 15 is 0 Å². The molecule has 0 saturated heterocycles. The van der Waals surface area contributed by atoms with Gasteiger partial charge in [0.15, 0.2) is 0 Å². The summed E-state index contributed by atoms with van der Waals surface area (Å²) in [6.45, 7) is 2.18. The van der Waals surface area contributed by atoms with E-state index in [0.29, 0.717) is 6.04 Å². The van der Waals surface area contributed by atoms with Gasteiger partial charge in [0.2, 0.25) is 0 Å². The Morgan fingerprint density at radius 3 is 2.53 bits per heavy atom. The predicted molar refractivity (Wildman–Crippen MR) is 84.9 cm³/mol. The van der Waals surface area contributed by atoms with E-state index in [1.54, 1.807) is 0 Å². The second kappa shape index (κ2) is 6.99. The first-order valence-corrected chi connectivity index (χ1v) is 7.71. The van der Waals surface area contributed by atoms with Crippen molar-refractivity contribution in [1.82, 2.24) is 5.32 Å². The minimum absolute atomic E-state index is 0.356. The lowest BCUT2D eigenvalue weighted by Crippen LogP contribution is -2.13. The second-order valence-corrected chi connectivity index (χ2v) is 5.85. The summed E-state index contributed by atoms with van der Waals surface area (Å²) in [4.78, 5) is 1.31. The zero-order chi connectivity index (χ0) is 13.7. The summed E-state index contributed by atoms with van der Waals surface area (Å²) < 4.78 is 0. The Labute approximate surface area is 124 Å². The minimum atomic E-state index is 0.356. The number of hydrogen-bond acceptors (Lipinski definition) is 2. The summed E-state index contributed by atoms with van der Waals surface area (Å²) in [5.74, 6) is 0.896. The molecular formula is C16H18ClNS. The van der Waals surface area contributed by atoms with Crippen LogP contribution in [0.3, 0.4) is 0 Å². The van der Waals surface area contributed by atoms with Crippen LogP contribution in [0, 0.1) is 0 Å². The molecule has 0 saturated carbocycles. The number of rotatable bonds is 5. The number of benzene rings is 2. The van der Waals surface area contributed by atoms with E-state index in [2.05, 4.69) is 42.6 Å². The molecule has 1 atom stereocenters. The molecule has 3 heteroatoms. The summed E-state index contributed by atoms with van der Waals surface area (Å²) in [6, 6.07) is 16.9. The lowest BCUT2D eigenvalue weighted by molar-refractivity contribution is 0.641. The molecule has 2 aromatic rings. The fraction of sp³-hybridized carbons (Fsp3) is 0.250. The van der Waals surface area contributed by atoms with Gasteiger partial charge in [-0.15, -0.1) is 11.8 Å². The van der Waals surface area contributed by atoms with E-state index in [1.807, 2.05) is 37.0 Å². The zero-order valence-electron chi connectivity index (χ0n) is 11.2. The van der Waals surface area contributed by atoms with Gasteiger partial charge in [-0.25, -0.2) is 0 Å². The maximum atomic E-state index is 6.19. The highest BCUT2D eigenvalue weighted by atomic mass is 35.5. The van der Waals surface area contributed by atoms with Crippen LogP contribution in [-0.2, 0) is 5.75 Å². The van der Waals surface area contributed by atoms with Gasteiger partial charge in [0.05, 0.1) is 0 Å². The number of hydrogen-bond donors (Lipinski definition) is 1. The molecule has 1 nitrogen and oxygen atoms in total. The summed E-state index contributed by atoms with van der Waals surface area (Å²) in [5, 5.41) is 4.13. The monoisotopic (exact) mass is 291 g/mol. The number of thioether (sulfide) groups is 1. The summed E-state index contributed by atoms with van der Waals surface area (Å²) in [7, 11) is 1.99.